The monoisotopic (exact) mass is 268 g/mol. The highest BCUT2D eigenvalue weighted by Gasteiger charge is 2.16. The Labute approximate surface area is 122 Å². The van der Waals surface area contributed by atoms with Gasteiger partial charge in [0.1, 0.15) is 0 Å². The van der Waals surface area contributed by atoms with Crippen molar-refractivity contribution in [2.24, 2.45) is 0 Å². The molecule has 0 aliphatic rings. The third-order valence-electron chi connectivity index (χ3n) is 4.11. The van der Waals surface area contributed by atoms with E-state index in [1.54, 1.807) is 0 Å². The van der Waals surface area contributed by atoms with Gasteiger partial charge in [-0.2, -0.15) is 0 Å². The van der Waals surface area contributed by atoms with Gasteiger partial charge in [-0.25, -0.2) is 0 Å². The lowest BCUT2D eigenvalue weighted by Gasteiger charge is -2.19. The number of hydrogen-bond acceptors (Lipinski definition) is 1. The molecule has 106 valence electrons. The van der Waals surface area contributed by atoms with Crippen LogP contribution >= 0.6 is 0 Å². The van der Waals surface area contributed by atoms with Crippen molar-refractivity contribution in [2.45, 2.75) is 47.1 Å². The van der Waals surface area contributed by atoms with E-state index in [0.29, 0.717) is 6.42 Å². The molecular weight excluding hydrogens is 244 g/mol. The van der Waals surface area contributed by atoms with Crippen molar-refractivity contribution < 1.29 is 5.11 Å². The predicted molar refractivity (Wildman–Crippen MR) is 85.2 cm³/mol. The molecule has 0 spiro atoms. The summed E-state index contributed by atoms with van der Waals surface area (Å²) in [6, 6.07) is 10.6. The minimum absolute atomic E-state index is 0.435. The number of rotatable bonds is 3. The van der Waals surface area contributed by atoms with Gasteiger partial charge in [0.05, 0.1) is 6.10 Å². The van der Waals surface area contributed by atoms with Crippen molar-refractivity contribution in [3.05, 3.63) is 69.3 Å². The molecule has 0 aliphatic carbocycles. The minimum atomic E-state index is -0.435. The van der Waals surface area contributed by atoms with E-state index in [-0.39, 0.29) is 0 Å². The molecule has 2 aromatic rings. The van der Waals surface area contributed by atoms with Crippen LogP contribution in [-0.4, -0.2) is 5.11 Å². The van der Waals surface area contributed by atoms with E-state index in [2.05, 4.69) is 65.0 Å². The van der Waals surface area contributed by atoms with Gasteiger partial charge < -0.3 is 5.11 Å². The fourth-order valence-electron chi connectivity index (χ4n) is 3.18. The second kappa shape index (κ2) is 5.80. The molecular formula is C19H24O. The van der Waals surface area contributed by atoms with Gasteiger partial charge in [-0.1, -0.05) is 35.9 Å². The molecule has 2 aromatic carbocycles. The standard InChI is InChI=1S/C19H24O/c1-12-9-15(4)19(16(5)10-12)18(20)11-17-13(2)7-6-8-14(17)3/h6-10,18,20H,11H2,1-5H3. The van der Waals surface area contributed by atoms with Crippen molar-refractivity contribution in [2.75, 3.05) is 0 Å². The van der Waals surface area contributed by atoms with Crippen LogP contribution in [-0.2, 0) is 6.42 Å². The summed E-state index contributed by atoms with van der Waals surface area (Å²) in [6.07, 6.45) is 0.249. The highest BCUT2D eigenvalue weighted by Crippen LogP contribution is 2.28. The third-order valence-corrected chi connectivity index (χ3v) is 4.11. The van der Waals surface area contributed by atoms with Gasteiger partial charge in [0, 0.05) is 6.42 Å². The van der Waals surface area contributed by atoms with E-state index in [9.17, 15) is 5.11 Å². The molecule has 0 radical (unpaired) electrons. The zero-order valence-corrected chi connectivity index (χ0v) is 13.1. The highest BCUT2D eigenvalue weighted by molar-refractivity contribution is 5.41. The highest BCUT2D eigenvalue weighted by atomic mass is 16.3. The lowest BCUT2D eigenvalue weighted by Crippen LogP contribution is -2.08. The quantitative estimate of drug-likeness (QED) is 0.868. The maximum Gasteiger partial charge on any atom is 0.0835 e. The topological polar surface area (TPSA) is 20.2 Å². The second-order valence-electron chi connectivity index (χ2n) is 5.90. The summed E-state index contributed by atoms with van der Waals surface area (Å²) in [5.74, 6) is 0. The molecule has 0 amide bonds. The smallest absolute Gasteiger partial charge is 0.0835 e. The van der Waals surface area contributed by atoms with Gasteiger partial charge in [-0.05, 0) is 68.0 Å². The van der Waals surface area contributed by atoms with Crippen molar-refractivity contribution >= 4 is 0 Å². The van der Waals surface area contributed by atoms with Gasteiger partial charge in [0.2, 0.25) is 0 Å². The summed E-state index contributed by atoms with van der Waals surface area (Å²) in [5.41, 5.74) is 8.47. The fourth-order valence-corrected chi connectivity index (χ4v) is 3.18. The Balaban J connectivity index is 2.36. The molecule has 1 N–H and O–H groups in total. The Hall–Kier alpha value is -1.60. The number of aliphatic hydroxyl groups excluding tert-OH is 1. The lowest BCUT2D eigenvalue weighted by atomic mass is 9.90. The number of benzene rings is 2. The number of aryl methyl sites for hydroxylation is 5. The van der Waals surface area contributed by atoms with Crippen LogP contribution in [0.25, 0.3) is 0 Å². The van der Waals surface area contributed by atoms with Gasteiger partial charge in [0.25, 0.3) is 0 Å². The SMILES string of the molecule is Cc1cc(C)c(C(O)Cc2c(C)cccc2C)c(C)c1. The van der Waals surface area contributed by atoms with E-state index in [1.165, 1.54) is 33.4 Å². The fraction of sp³-hybridized carbons (Fsp3) is 0.368. The Bertz CT molecular complexity index is 582. The molecule has 20 heavy (non-hydrogen) atoms. The first-order valence-electron chi connectivity index (χ1n) is 7.21. The molecule has 1 atom stereocenters. The summed E-state index contributed by atoms with van der Waals surface area (Å²) >= 11 is 0. The number of hydrogen-bond donors (Lipinski definition) is 1. The molecule has 1 unspecified atom stereocenters. The molecule has 0 aromatic heterocycles. The summed E-state index contributed by atoms with van der Waals surface area (Å²) in [6.45, 7) is 10.5. The maximum absolute atomic E-state index is 10.7. The normalized spacial score (nSPS) is 12.5. The van der Waals surface area contributed by atoms with Gasteiger partial charge in [0.15, 0.2) is 0 Å². The van der Waals surface area contributed by atoms with Gasteiger partial charge in [-0.3, -0.25) is 0 Å². The zero-order valence-electron chi connectivity index (χ0n) is 13.1. The Kier molecular flexibility index (Phi) is 4.29. The van der Waals surface area contributed by atoms with Crippen LogP contribution in [0, 0.1) is 34.6 Å². The minimum Gasteiger partial charge on any atom is -0.388 e. The average molecular weight is 268 g/mol. The summed E-state index contributed by atoms with van der Waals surface area (Å²) in [4.78, 5) is 0. The van der Waals surface area contributed by atoms with Crippen LogP contribution in [0.3, 0.4) is 0 Å². The summed E-state index contributed by atoms with van der Waals surface area (Å²) in [5, 5.41) is 10.7. The van der Waals surface area contributed by atoms with E-state index in [0.717, 1.165) is 5.56 Å². The second-order valence-corrected chi connectivity index (χ2v) is 5.90. The first-order chi connectivity index (χ1) is 9.40. The van der Waals surface area contributed by atoms with Crippen molar-refractivity contribution in [1.29, 1.82) is 0 Å². The predicted octanol–water partition coefficient (Wildman–Crippen LogP) is 4.50. The van der Waals surface area contributed by atoms with Crippen LogP contribution < -0.4 is 0 Å². The largest absolute Gasteiger partial charge is 0.388 e. The molecule has 1 nitrogen and oxygen atoms in total. The van der Waals surface area contributed by atoms with Crippen LogP contribution in [0.1, 0.15) is 45.0 Å². The molecule has 0 fully saturated rings. The number of aliphatic hydroxyl groups is 1. The molecule has 0 saturated carbocycles. The van der Waals surface area contributed by atoms with Crippen LogP contribution in [0.2, 0.25) is 0 Å². The van der Waals surface area contributed by atoms with E-state index >= 15 is 0 Å². The van der Waals surface area contributed by atoms with Crippen LogP contribution in [0.15, 0.2) is 30.3 Å². The Morgan fingerprint density at radius 1 is 0.850 bits per heavy atom. The molecule has 0 heterocycles. The van der Waals surface area contributed by atoms with E-state index in [1.807, 2.05) is 0 Å². The lowest BCUT2D eigenvalue weighted by molar-refractivity contribution is 0.176. The van der Waals surface area contributed by atoms with E-state index in [4.69, 9.17) is 0 Å². The molecule has 0 saturated heterocycles. The van der Waals surface area contributed by atoms with Gasteiger partial charge >= 0.3 is 0 Å². The van der Waals surface area contributed by atoms with Crippen LogP contribution in [0.4, 0.5) is 0 Å². The molecule has 0 aliphatic heterocycles. The average Bonchev–Trinajstić information content (AvgIpc) is 2.32. The first-order valence-corrected chi connectivity index (χ1v) is 7.21. The zero-order chi connectivity index (χ0) is 14.9. The molecule has 0 bridgehead atoms. The summed E-state index contributed by atoms with van der Waals surface area (Å²) < 4.78 is 0. The van der Waals surface area contributed by atoms with Gasteiger partial charge in [-0.15, -0.1) is 0 Å². The van der Waals surface area contributed by atoms with Crippen molar-refractivity contribution in [1.82, 2.24) is 0 Å². The molecule has 2 rings (SSSR count). The Morgan fingerprint density at radius 3 is 1.85 bits per heavy atom. The van der Waals surface area contributed by atoms with Crippen LogP contribution in [0.5, 0.6) is 0 Å². The first kappa shape index (κ1) is 14.8. The van der Waals surface area contributed by atoms with Crippen molar-refractivity contribution in [3.8, 4) is 0 Å². The third kappa shape index (κ3) is 2.94. The molecule has 1 heteroatoms. The van der Waals surface area contributed by atoms with E-state index < -0.39 is 6.10 Å². The van der Waals surface area contributed by atoms with Crippen molar-refractivity contribution in [3.63, 3.8) is 0 Å². The Morgan fingerprint density at radius 2 is 1.35 bits per heavy atom. The summed E-state index contributed by atoms with van der Waals surface area (Å²) in [7, 11) is 0. The maximum atomic E-state index is 10.7.